The fourth-order valence-corrected chi connectivity index (χ4v) is 7.11. The van der Waals surface area contributed by atoms with Gasteiger partial charge in [-0.05, 0) is 85.2 Å². The van der Waals surface area contributed by atoms with Crippen molar-refractivity contribution in [3.8, 4) is 10.4 Å². The van der Waals surface area contributed by atoms with Crippen LogP contribution in [0.15, 0.2) is 108 Å². The number of nitrogens with zero attached hydrogens (tertiary/aromatic N) is 2. The number of rotatable bonds is 5. The summed E-state index contributed by atoms with van der Waals surface area (Å²) in [6, 6.07) is 33.7. The van der Waals surface area contributed by atoms with E-state index in [0.717, 1.165) is 50.2 Å². The Kier molecular flexibility index (Phi) is 6.18. The van der Waals surface area contributed by atoms with E-state index in [9.17, 15) is 4.79 Å². The van der Waals surface area contributed by atoms with Crippen molar-refractivity contribution < 1.29 is 0 Å². The van der Waals surface area contributed by atoms with Gasteiger partial charge in [-0.25, -0.2) is 0 Å². The van der Waals surface area contributed by atoms with Gasteiger partial charge in [-0.1, -0.05) is 72.8 Å². The van der Waals surface area contributed by atoms with E-state index in [2.05, 4.69) is 83.7 Å². The van der Waals surface area contributed by atoms with E-state index in [4.69, 9.17) is 0 Å². The van der Waals surface area contributed by atoms with Crippen LogP contribution in [0.4, 0.5) is 0 Å². The van der Waals surface area contributed by atoms with Crippen LogP contribution in [0.25, 0.3) is 31.4 Å². The Morgan fingerprint density at radius 2 is 1.59 bits per heavy atom. The number of aromatic amines is 1. The lowest BCUT2D eigenvalue weighted by Crippen LogP contribution is -2.29. The summed E-state index contributed by atoms with van der Waals surface area (Å²) in [5.41, 5.74) is 5.80. The van der Waals surface area contributed by atoms with Crippen molar-refractivity contribution in [1.82, 2.24) is 14.5 Å². The lowest BCUT2D eigenvalue weighted by atomic mass is 9.89. The molecule has 1 saturated heterocycles. The Balaban J connectivity index is 1.27. The Morgan fingerprint density at radius 1 is 0.846 bits per heavy atom. The van der Waals surface area contributed by atoms with E-state index in [1.165, 1.54) is 24.0 Å². The van der Waals surface area contributed by atoms with Crippen LogP contribution < -0.4 is 5.56 Å². The van der Waals surface area contributed by atoms with Gasteiger partial charge < -0.3 is 14.5 Å². The maximum atomic E-state index is 14.0. The normalized spacial score (nSPS) is 15.7. The molecule has 3 aromatic heterocycles. The minimum atomic E-state index is -0.241. The molecule has 3 aromatic carbocycles. The fraction of sp³-hybridized carbons (Fsp3) is 0.206. The third-order valence-corrected chi connectivity index (χ3v) is 9.42. The summed E-state index contributed by atoms with van der Waals surface area (Å²) in [4.78, 5) is 21.1. The van der Waals surface area contributed by atoms with Crippen LogP contribution in [0.2, 0.25) is 0 Å². The average molecular weight is 530 g/mol. The molecule has 194 valence electrons. The second-order valence-electron chi connectivity index (χ2n) is 10.7. The first-order valence-corrected chi connectivity index (χ1v) is 14.5. The SMILES string of the molecule is CN1CCC(c2ccc(-c3cc4ccn(C(c5ccccc5)c5cc6ccccc6[nH]5)c(=O)c4s3)cc2)CC1. The van der Waals surface area contributed by atoms with Gasteiger partial charge in [-0.3, -0.25) is 4.79 Å². The van der Waals surface area contributed by atoms with Gasteiger partial charge in [0.15, 0.2) is 0 Å². The molecule has 5 heteroatoms. The topological polar surface area (TPSA) is 41.0 Å². The first kappa shape index (κ1) is 24.1. The lowest BCUT2D eigenvalue weighted by Gasteiger charge is -2.29. The second kappa shape index (κ2) is 9.99. The standard InChI is InChI=1S/C34H31N3OS/c1-36-18-15-24(16-19-36)23-11-13-25(14-12-23)31-22-28-17-20-37(34(38)33(28)39-31)32(26-7-3-2-4-8-26)30-21-27-9-5-6-10-29(27)35-30/h2-14,17,20-22,24,32,35H,15-16,18-19H2,1H3. The molecule has 4 heterocycles. The predicted octanol–water partition coefficient (Wildman–Crippen LogP) is 7.66. The maximum Gasteiger partial charge on any atom is 0.269 e. The van der Waals surface area contributed by atoms with Gasteiger partial charge in [0.2, 0.25) is 0 Å². The number of benzene rings is 3. The molecule has 1 atom stereocenters. The minimum Gasteiger partial charge on any atom is -0.356 e. The zero-order chi connectivity index (χ0) is 26.3. The number of hydrogen-bond acceptors (Lipinski definition) is 3. The largest absolute Gasteiger partial charge is 0.356 e. The quantitative estimate of drug-likeness (QED) is 0.249. The van der Waals surface area contributed by atoms with Crippen LogP contribution in [0.3, 0.4) is 0 Å². The first-order valence-electron chi connectivity index (χ1n) is 13.7. The number of aromatic nitrogens is 2. The number of likely N-dealkylation sites (tertiary alicyclic amines) is 1. The molecule has 4 nitrogen and oxygen atoms in total. The second-order valence-corrected chi connectivity index (χ2v) is 11.8. The maximum absolute atomic E-state index is 14.0. The summed E-state index contributed by atoms with van der Waals surface area (Å²) in [7, 11) is 2.21. The van der Waals surface area contributed by atoms with Crippen LogP contribution in [-0.4, -0.2) is 34.6 Å². The van der Waals surface area contributed by atoms with Gasteiger partial charge in [0, 0.05) is 27.7 Å². The molecule has 1 aliphatic rings. The summed E-state index contributed by atoms with van der Waals surface area (Å²) in [5, 5.41) is 2.14. The molecule has 0 amide bonds. The third kappa shape index (κ3) is 4.52. The first-order chi connectivity index (χ1) is 19.1. The van der Waals surface area contributed by atoms with Gasteiger partial charge >= 0.3 is 0 Å². The summed E-state index contributed by atoms with van der Waals surface area (Å²) in [6.45, 7) is 2.33. The van der Waals surface area contributed by atoms with E-state index >= 15 is 0 Å². The Bertz CT molecular complexity index is 1770. The fourth-order valence-electron chi connectivity index (χ4n) is 6.02. The molecule has 1 N–H and O–H groups in total. The molecule has 1 aliphatic heterocycles. The molecule has 1 unspecified atom stereocenters. The molecule has 6 aromatic rings. The highest BCUT2D eigenvalue weighted by Crippen LogP contribution is 2.35. The number of hydrogen-bond donors (Lipinski definition) is 1. The van der Waals surface area contributed by atoms with Crippen molar-refractivity contribution in [3.05, 3.63) is 130 Å². The van der Waals surface area contributed by atoms with Crippen LogP contribution in [-0.2, 0) is 0 Å². The monoisotopic (exact) mass is 529 g/mol. The van der Waals surface area contributed by atoms with Gasteiger partial charge in [0.05, 0.1) is 0 Å². The molecular weight excluding hydrogens is 498 g/mol. The number of fused-ring (bicyclic) bond motifs is 2. The molecule has 39 heavy (non-hydrogen) atoms. The average Bonchev–Trinajstić information content (AvgIpc) is 3.61. The molecule has 0 aliphatic carbocycles. The molecule has 7 rings (SSSR count). The highest BCUT2D eigenvalue weighted by molar-refractivity contribution is 7.22. The molecule has 0 spiro atoms. The van der Waals surface area contributed by atoms with Crippen molar-refractivity contribution in [2.75, 3.05) is 20.1 Å². The van der Waals surface area contributed by atoms with Crippen molar-refractivity contribution in [2.24, 2.45) is 0 Å². The van der Waals surface area contributed by atoms with Gasteiger partial charge in [0.25, 0.3) is 5.56 Å². The number of thiophene rings is 1. The summed E-state index contributed by atoms with van der Waals surface area (Å²) < 4.78 is 2.68. The van der Waals surface area contributed by atoms with E-state index in [-0.39, 0.29) is 11.6 Å². The number of pyridine rings is 1. The highest BCUT2D eigenvalue weighted by Gasteiger charge is 2.22. The highest BCUT2D eigenvalue weighted by atomic mass is 32.1. The minimum absolute atomic E-state index is 0.0409. The van der Waals surface area contributed by atoms with Crippen LogP contribution in [0, 0.1) is 0 Å². The van der Waals surface area contributed by atoms with E-state index in [0.29, 0.717) is 5.92 Å². The third-order valence-electron chi connectivity index (χ3n) is 8.23. The predicted molar refractivity (Wildman–Crippen MR) is 163 cm³/mol. The van der Waals surface area contributed by atoms with Gasteiger partial charge in [-0.2, -0.15) is 0 Å². The van der Waals surface area contributed by atoms with Gasteiger partial charge in [-0.15, -0.1) is 11.3 Å². The van der Waals surface area contributed by atoms with Crippen molar-refractivity contribution in [3.63, 3.8) is 0 Å². The van der Waals surface area contributed by atoms with Crippen LogP contribution >= 0.6 is 11.3 Å². The molecule has 0 saturated carbocycles. The van der Waals surface area contributed by atoms with Crippen LogP contribution in [0.1, 0.15) is 41.6 Å². The van der Waals surface area contributed by atoms with E-state index in [1.807, 2.05) is 41.1 Å². The summed E-state index contributed by atoms with van der Waals surface area (Å²) in [6.07, 6.45) is 4.39. The van der Waals surface area contributed by atoms with E-state index in [1.54, 1.807) is 11.3 Å². The number of piperidine rings is 1. The number of para-hydroxylation sites is 1. The molecular formula is C34H31N3OS. The molecule has 1 fully saturated rings. The number of nitrogens with one attached hydrogen (secondary N) is 1. The Morgan fingerprint density at radius 3 is 2.36 bits per heavy atom. The van der Waals surface area contributed by atoms with Crippen molar-refractivity contribution in [1.29, 1.82) is 0 Å². The Hall–Kier alpha value is -3.93. The van der Waals surface area contributed by atoms with Crippen LogP contribution in [0.5, 0.6) is 0 Å². The Labute approximate surface area is 232 Å². The lowest BCUT2D eigenvalue weighted by molar-refractivity contribution is 0.255. The van der Waals surface area contributed by atoms with Crippen molar-refractivity contribution >= 4 is 32.3 Å². The smallest absolute Gasteiger partial charge is 0.269 e. The van der Waals surface area contributed by atoms with E-state index < -0.39 is 0 Å². The van der Waals surface area contributed by atoms with Gasteiger partial charge in [0.1, 0.15) is 10.7 Å². The zero-order valence-electron chi connectivity index (χ0n) is 22.0. The summed E-state index contributed by atoms with van der Waals surface area (Å²) in [5.74, 6) is 0.643. The number of H-pyrrole nitrogens is 1. The molecule has 0 radical (unpaired) electrons. The zero-order valence-corrected chi connectivity index (χ0v) is 22.8. The summed E-state index contributed by atoms with van der Waals surface area (Å²) >= 11 is 1.60. The van der Waals surface area contributed by atoms with Crippen molar-refractivity contribution in [2.45, 2.75) is 24.8 Å². The molecule has 0 bridgehead atoms.